The molecule has 5 aliphatic heterocycles. The van der Waals surface area contributed by atoms with Crippen LogP contribution < -0.4 is 10.6 Å². The van der Waals surface area contributed by atoms with Crippen LogP contribution >= 0.6 is 0 Å². The second-order valence-electron chi connectivity index (χ2n) is 12.4. The summed E-state index contributed by atoms with van der Waals surface area (Å²) < 4.78 is 6.14. The smallest absolute Gasteiger partial charge is 0.280 e. The zero-order valence-electron chi connectivity index (χ0n) is 22.8. The molecule has 3 fully saturated rings. The van der Waals surface area contributed by atoms with Crippen molar-refractivity contribution in [1.82, 2.24) is 20.0 Å². The Morgan fingerprint density at radius 2 is 2.08 bits per heavy atom. The summed E-state index contributed by atoms with van der Waals surface area (Å²) in [5, 5.41) is 16.8. The number of carbonyl (C=O) groups is 3. The summed E-state index contributed by atoms with van der Waals surface area (Å²) >= 11 is 0. The minimum absolute atomic E-state index is 0.173. The molecule has 7 rings (SSSR count). The maximum atomic E-state index is 13.9. The van der Waals surface area contributed by atoms with E-state index in [1.165, 1.54) is 28.6 Å². The number of nitrogens with two attached hydrogens (primary N) is 1. The zero-order valence-corrected chi connectivity index (χ0v) is 22.8. The number of rotatable bonds is 3. The molecule has 6 atom stereocenters. The Morgan fingerprint density at radius 1 is 1.28 bits per heavy atom. The largest absolute Gasteiger partial charge is 0.347 e. The van der Waals surface area contributed by atoms with E-state index in [-0.39, 0.29) is 23.8 Å². The maximum absolute atomic E-state index is 13.9. The van der Waals surface area contributed by atoms with Crippen molar-refractivity contribution in [2.45, 2.75) is 69.8 Å². The van der Waals surface area contributed by atoms with Crippen molar-refractivity contribution >= 4 is 34.6 Å². The zero-order chi connectivity index (χ0) is 27.4. The van der Waals surface area contributed by atoms with Gasteiger partial charge in [-0.3, -0.25) is 34.2 Å². The van der Waals surface area contributed by atoms with Crippen molar-refractivity contribution < 1.29 is 29.5 Å². The molecule has 1 aromatic rings. The predicted octanol–water partition coefficient (Wildman–Crippen LogP) is 0.320. The molecule has 0 saturated carbocycles. The van der Waals surface area contributed by atoms with Crippen LogP contribution in [0.1, 0.15) is 51.2 Å². The Bertz CT molecular complexity index is 1370. The molecule has 206 valence electrons. The number of nitrogens with one attached hydrogen (secondary N) is 1. The standard InChI is InChI=1S/C29H35N5O5/c1-15(2)24-26(36)33-10-6-9-22(33)29(38)34(24)27(37)28(3,39-29)31-25(35)17-11-19-18-7-5-8-20-23(18)16(13-30-20)12-21(19)32(4)14-17/h5,7-8,11,13,15,17,21-22,24,30,38H,6,9-10,12,14H2,1-4H3,(H,31,35)/p+1/t17-,21-,22-,24-,28+,29?/m1/s1. The fraction of sp³-hybridized carbons (Fsp3) is 0.552. The third kappa shape index (κ3) is 3.32. The average molecular weight is 535 g/mol. The third-order valence-corrected chi connectivity index (χ3v) is 9.52. The number of fused-ring (bicyclic) bond motifs is 5. The number of aliphatic hydroxyl groups is 1. The van der Waals surface area contributed by atoms with Crippen LogP contribution in [0.4, 0.5) is 5.69 Å². The summed E-state index contributed by atoms with van der Waals surface area (Å²) in [4.78, 5) is 46.1. The van der Waals surface area contributed by atoms with E-state index >= 15 is 0 Å². The molecular weight excluding hydrogens is 498 g/mol. The second-order valence-corrected chi connectivity index (χ2v) is 12.4. The van der Waals surface area contributed by atoms with Crippen molar-refractivity contribution in [2.75, 3.05) is 20.1 Å². The number of amides is 3. The molecule has 6 aliphatic rings. The molecule has 0 aromatic heterocycles. The maximum Gasteiger partial charge on any atom is 0.280 e. The van der Waals surface area contributed by atoms with Crippen molar-refractivity contribution in [3.8, 4) is 0 Å². The second kappa shape index (κ2) is 8.23. The summed E-state index contributed by atoms with van der Waals surface area (Å²) in [7, 11) is 2.03. The van der Waals surface area contributed by atoms with Gasteiger partial charge in [-0.25, -0.2) is 0 Å². The molecule has 1 unspecified atom stereocenters. The van der Waals surface area contributed by atoms with Crippen LogP contribution in [0.5, 0.6) is 0 Å². The summed E-state index contributed by atoms with van der Waals surface area (Å²) in [6.07, 6.45) is 6.37. The van der Waals surface area contributed by atoms with Gasteiger partial charge in [-0.2, -0.15) is 0 Å². The SMILES string of the molecule is CC(C)[C@@H]1C(=O)N2CCC[C@@H]2C2(O)O[C@](C)(NC(=O)[C@@H]3C=C4c5cccc6c5C(=C[NH2+]6)C[C@H]4N(C)C3)C(=O)N12. The van der Waals surface area contributed by atoms with E-state index in [4.69, 9.17) is 4.74 Å². The minimum atomic E-state index is -1.99. The van der Waals surface area contributed by atoms with Gasteiger partial charge in [0.1, 0.15) is 24.0 Å². The number of benzene rings is 1. The number of piperazine rings is 1. The fourth-order valence-electron chi connectivity index (χ4n) is 7.72. The Labute approximate surface area is 227 Å². The van der Waals surface area contributed by atoms with E-state index in [1.807, 2.05) is 27.0 Å². The van der Waals surface area contributed by atoms with Gasteiger partial charge in [0.2, 0.25) is 17.5 Å². The van der Waals surface area contributed by atoms with Crippen LogP contribution in [0, 0.1) is 11.8 Å². The number of nitrogens with zero attached hydrogens (tertiary/aromatic N) is 3. The van der Waals surface area contributed by atoms with Gasteiger partial charge in [-0.05, 0) is 50.3 Å². The monoisotopic (exact) mass is 534 g/mol. The predicted molar refractivity (Wildman–Crippen MR) is 141 cm³/mol. The normalized spacial score (nSPS) is 36.9. The molecule has 39 heavy (non-hydrogen) atoms. The number of likely N-dealkylation sites (N-methyl/N-ethyl adjacent to an activating group) is 1. The first-order chi connectivity index (χ1) is 18.5. The Kier molecular flexibility index (Phi) is 5.27. The topological polar surface area (TPSA) is 119 Å². The van der Waals surface area contributed by atoms with Crippen LogP contribution in [-0.2, 0) is 19.1 Å². The highest BCUT2D eigenvalue weighted by Crippen LogP contribution is 2.48. The number of ether oxygens (including phenoxy) is 1. The lowest BCUT2D eigenvalue weighted by atomic mass is 9.77. The van der Waals surface area contributed by atoms with Gasteiger partial charge in [0.05, 0.1) is 11.5 Å². The van der Waals surface area contributed by atoms with Crippen LogP contribution in [-0.4, -0.2) is 87.4 Å². The average Bonchev–Trinajstić information content (AvgIpc) is 3.59. The van der Waals surface area contributed by atoms with Crippen LogP contribution in [0.15, 0.2) is 30.5 Å². The lowest BCUT2D eigenvalue weighted by Crippen LogP contribution is -2.72. The summed E-state index contributed by atoms with van der Waals surface area (Å²) in [5.41, 5.74) is 4.26. The van der Waals surface area contributed by atoms with Gasteiger partial charge in [0.15, 0.2) is 0 Å². The van der Waals surface area contributed by atoms with E-state index in [1.54, 1.807) is 4.90 Å². The Hall–Kier alpha value is -3.05. The molecule has 5 heterocycles. The molecule has 0 radical (unpaired) electrons. The van der Waals surface area contributed by atoms with Crippen LogP contribution in [0.3, 0.4) is 0 Å². The van der Waals surface area contributed by atoms with Crippen molar-refractivity contribution in [3.05, 3.63) is 41.6 Å². The highest BCUT2D eigenvalue weighted by atomic mass is 16.7. The first kappa shape index (κ1) is 25.0. The highest BCUT2D eigenvalue weighted by molar-refractivity contribution is 5.98. The van der Waals surface area contributed by atoms with Gasteiger partial charge in [-0.15, -0.1) is 0 Å². The molecule has 4 N–H and O–H groups in total. The van der Waals surface area contributed by atoms with E-state index in [0.29, 0.717) is 19.5 Å². The highest BCUT2D eigenvalue weighted by Gasteiger charge is 2.70. The number of hydrogen-bond donors (Lipinski definition) is 3. The lowest BCUT2D eigenvalue weighted by Gasteiger charge is -2.49. The van der Waals surface area contributed by atoms with Gasteiger partial charge in [0.25, 0.3) is 11.8 Å². The Balaban J connectivity index is 1.20. The van der Waals surface area contributed by atoms with E-state index in [0.717, 1.165) is 24.0 Å². The molecule has 1 aromatic carbocycles. The molecule has 1 aliphatic carbocycles. The molecule has 10 nitrogen and oxygen atoms in total. The number of carbonyl (C=O) groups excluding carboxylic acids is 3. The van der Waals surface area contributed by atoms with Gasteiger partial charge < -0.3 is 15.3 Å². The summed E-state index contributed by atoms with van der Waals surface area (Å²) in [6, 6.07) is 4.94. The first-order valence-corrected chi connectivity index (χ1v) is 14.0. The van der Waals surface area contributed by atoms with Crippen LogP contribution in [0.2, 0.25) is 0 Å². The molecule has 3 amide bonds. The van der Waals surface area contributed by atoms with Crippen LogP contribution in [0.25, 0.3) is 11.1 Å². The summed E-state index contributed by atoms with van der Waals surface area (Å²) in [6.45, 7) is 6.21. The Morgan fingerprint density at radius 3 is 2.85 bits per heavy atom. The van der Waals surface area contributed by atoms with Gasteiger partial charge >= 0.3 is 0 Å². The summed E-state index contributed by atoms with van der Waals surface area (Å²) in [5.74, 6) is -3.84. The fourth-order valence-corrected chi connectivity index (χ4v) is 7.72. The van der Waals surface area contributed by atoms with E-state index in [9.17, 15) is 19.5 Å². The third-order valence-electron chi connectivity index (χ3n) is 9.52. The van der Waals surface area contributed by atoms with Crippen molar-refractivity contribution in [3.63, 3.8) is 0 Å². The van der Waals surface area contributed by atoms with Gasteiger partial charge in [-0.1, -0.05) is 32.1 Å². The van der Waals surface area contributed by atoms with Gasteiger partial charge in [0, 0.05) is 30.8 Å². The minimum Gasteiger partial charge on any atom is -0.347 e. The number of quaternary nitrogens is 1. The van der Waals surface area contributed by atoms with E-state index in [2.05, 4.69) is 39.9 Å². The quantitative estimate of drug-likeness (QED) is 0.481. The molecular formula is C29H36N5O5+. The number of hydrogen-bond acceptors (Lipinski definition) is 6. The first-order valence-electron chi connectivity index (χ1n) is 14.0. The van der Waals surface area contributed by atoms with Crippen molar-refractivity contribution in [1.29, 1.82) is 0 Å². The van der Waals surface area contributed by atoms with Crippen molar-refractivity contribution in [2.24, 2.45) is 11.8 Å². The molecule has 0 spiro atoms. The molecule has 3 saturated heterocycles. The molecule has 0 bridgehead atoms. The van der Waals surface area contributed by atoms with E-state index < -0.39 is 35.5 Å². The molecule has 10 heteroatoms. The lowest BCUT2D eigenvalue weighted by molar-refractivity contribution is -0.491.